The van der Waals surface area contributed by atoms with Crippen LogP contribution in [0.5, 0.6) is 0 Å². The van der Waals surface area contributed by atoms with Gasteiger partial charge in [-0.2, -0.15) is 11.3 Å². The van der Waals surface area contributed by atoms with Gasteiger partial charge in [0, 0.05) is 5.56 Å². The fraction of sp³-hybridized carbons (Fsp3) is 0.200. The summed E-state index contributed by atoms with van der Waals surface area (Å²) in [6.07, 6.45) is 0. The van der Waals surface area contributed by atoms with Crippen molar-refractivity contribution in [2.75, 3.05) is 0 Å². The van der Waals surface area contributed by atoms with Crippen LogP contribution in [0.4, 0.5) is 0 Å². The van der Waals surface area contributed by atoms with Crippen molar-refractivity contribution in [2.24, 2.45) is 0 Å². The molecule has 1 heterocycles. The van der Waals surface area contributed by atoms with Crippen LogP contribution in [0.1, 0.15) is 10.6 Å². The fourth-order valence-corrected chi connectivity index (χ4v) is 1.55. The standard InChI is InChI=1S/C5H5BrOS/c6-5(7)4-1-2-8-3-4/h1-3,5,7H. The Kier molecular flexibility index (Phi) is 2.05. The predicted octanol–water partition coefficient (Wildman–Crippen LogP) is 2.13. The molecule has 0 aromatic carbocycles. The minimum atomic E-state index is -0.492. The maximum Gasteiger partial charge on any atom is 0.135 e. The lowest BCUT2D eigenvalue weighted by Gasteiger charge is -1.93. The molecule has 3 heteroatoms. The van der Waals surface area contributed by atoms with Crippen molar-refractivity contribution in [3.05, 3.63) is 22.4 Å². The van der Waals surface area contributed by atoms with Crippen molar-refractivity contribution in [1.29, 1.82) is 0 Å². The first kappa shape index (κ1) is 6.26. The Labute approximate surface area is 60.1 Å². The molecular weight excluding hydrogens is 188 g/mol. The molecule has 0 saturated heterocycles. The molecule has 0 saturated carbocycles. The molecule has 0 spiro atoms. The Morgan fingerprint density at radius 2 is 2.50 bits per heavy atom. The first-order valence-electron chi connectivity index (χ1n) is 2.15. The van der Waals surface area contributed by atoms with E-state index in [2.05, 4.69) is 15.9 Å². The molecule has 0 aliphatic heterocycles. The van der Waals surface area contributed by atoms with Crippen LogP contribution in [0.25, 0.3) is 0 Å². The Balaban J connectivity index is 2.77. The maximum absolute atomic E-state index is 8.84. The highest BCUT2D eigenvalue weighted by Crippen LogP contribution is 2.20. The van der Waals surface area contributed by atoms with Gasteiger partial charge in [0.15, 0.2) is 0 Å². The Morgan fingerprint density at radius 3 is 2.75 bits per heavy atom. The van der Waals surface area contributed by atoms with E-state index in [1.54, 1.807) is 11.3 Å². The molecule has 1 nitrogen and oxygen atoms in total. The van der Waals surface area contributed by atoms with Crippen molar-refractivity contribution in [3.63, 3.8) is 0 Å². The summed E-state index contributed by atoms with van der Waals surface area (Å²) in [5, 5.41) is 12.2. The Morgan fingerprint density at radius 1 is 1.75 bits per heavy atom. The molecule has 1 unspecified atom stereocenters. The third-order valence-corrected chi connectivity index (χ3v) is 2.05. The van der Waals surface area contributed by atoms with Crippen LogP contribution >= 0.6 is 27.3 Å². The summed E-state index contributed by atoms with van der Waals surface area (Å²) in [7, 11) is 0. The molecule has 0 aliphatic rings. The average molecular weight is 193 g/mol. The monoisotopic (exact) mass is 192 g/mol. The van der Waals surface area contributed by atoms with E-state index < -0.39 is 5.01 Å². The zero-order valence-corrected chi connectivity index (χ0v) is 6.45. The van der Waals surface area contributed by atoms with Crippen LogP contribution in [0.2, 0.25) is 0 Å². The zero-order chi connectivity index (χ0) is 5.98. The molecule has 1 rings (SSSR count). The van der Waals surface area contributed by atoms with E-state index in [1.165, 1.54) is 0 Å². The molecule has 0 aliphatic carbocycles. The highest BCUT2D eigenvalue weighted by atomic mass is 79.9. The molecule has 1 aromatic rings. The van der Waals surface area contributed by atoms with Crippen molar-refractivity contribution in [3.8, 4) is 0 Å². The fourth-order valence-electron chi connectivity index (χ4n) is 0.411. The van der Waals surface area contributed by atoms with Gasteiger partial charge in [-0.25, -0.2) is 0 Å². The van der Waals surface area contributed by atoms with Gasteiger partial charge in [-0.1, -0.05) is 15.9 Å². The van der Waals surface area contributed by atoms with Crippen LogP contribution < -0.4 is 0 Å². The highest BCUT2D eigenvalue weighted by molar-refractivity contribution is 9.09. The van der Waals surface area contributed by atoms with Gasteiger partial charge in [-0.05, 0) is 16.8 Å². The summed E-state index contributed by atoms with van der Waals surface area (Å²) in [5.41, 5.74) is 0.926. The molecule has 0 fully saturated rings. The number of aliphatic hydroxyl groups is 1. The molecular formula is C5H5BrOS. The Bertz CT molecular complexity index is 147. The number of halogens is 1. The second-order valence-corrected chi connectivity index (χ2v) is 3.04. The first-order chi connectivity index (χ1) is 3.80. The van der Waals surface area contributed by atoms with Gasteiger partial charge >= 0.3 is 0 Å². The summed E-state index contributed by atoms with van der Waals surface area (Å²) < 4.78 is 0. The van der Waals surface area contributed by atoms with E-state index >= 15 is 0 Å². The summed E-state index contributed by atoms with van der Waals surface area (Å²) >= 11 is 4.60. The second kappa shape index (κ2) is 2.62. The zero-order valence-electron chi connectivity index (χ0n) is 4.04. The SMILES string of the molecule is OC(Br)c1ccsc1. The van der Waals surface area contributed by atoms with Crippen molar-refractivity contribution < 1.29 is 5.11 Å². The van der Waals surface area contributed by atoms with Crippen LogP contribution in [-0.2, 0) is 0 Å². The van der Waals surface area contributed by atoms with Crippen LogP contribution in [-0.4, -0.2) is 5.11 Å². The summed E-state index contributed by atoms with van der Waals surface area (Å²) in [6, 6.07) is 1.88. The van der Waals surface area contributed by atoms with Crippen LogP contribution in [0.15, 0.2) is 16.8 Å². The van der Waals surface area contributed by atoms with Crippen molar-refractivity contribution in [1.82, 2.24) is 0 Å². The maximum atomic E-state index is 8.84. The summed E-state index contributed by atoms with van der Waals surface area (Å²) in [6.45, 7) is 0. The number of rotatable bonds is 1. The molecule has 0 bridgehead atoms. The highest BCUT2D eigenvalue weighted by Gasteiger charge is 1.99. The van der Waals surface area contributed by atoms with E-state index in [9.17, 15) is 0 Å². The minimum Gasteiger partial charge on any atom is -0.377 e. The third-order valence-electron chi connectivity index (χ3n) is 0.818. The largest absolute Gasteiger partial charge is 0.377 e. The topological polar surface area (TPSA) is 20.2 Å². The second-order valence-electron chi connectivity index (χ2n) is 1.39. The summed E-state index contributed by atoms with van der Waals surface area (Å²) in [5.74, 6) is 0. The third kappa shape index (κ3) is 1.31. The Hall–Kier alpha value is 0.140. The van der Waals surface area contributed by atoms with E-state index in [0.29, 0.717) is 0 Å². The van der Waals surface area contributed by atoms with Gasteiger partial charge in [-0.3, -0.25) is 0 Å². The van der Waals surface area contributed by atoms with Gasteiger partial charge in [0.05, 0.1) is 0 Å². The van der Waals surface area contributed by atoms with Crippen LogP contribution in [0, 0.1) is 0 Å². The van der Waals surface area contributed by atoms with E-state index in [0.717, 1.165) is 5.56 Å². The molecule has 8 heavy (non-hydrogen) atoms. The van der Waals surface area contributed by atoms with E-state index in [1.807, 2.05) is 16.8 Å². The van der Waals surface area contributed by atoms with Gasteiger partial charge < -0.3 is 5.11 Å². The normalized spacial score (nSPS) is 13.8. The summed E-state index contributed by atoms with van der Waals surface area (Å²) in [4.78, 5) is 0. The molecule has 0 amide bonds. The lowest BCUT2D eigenvalue weighted by atomic mass is 10.4. The smallest absolute Gasteiger partial charge is 0.135 e. The van der Waals surface area contributed by atoms with E-state index in [4.69, 9.17) is 5.11 Å². The van der Waals surface area contributed by atoms with Gasteiger partial charge in [0.2, 0.25) is 0 Å². The first-order valence-corrected chi connectivity index (χ1v) is 4.01. The number of aliphatic hydroxyl groups excluding tert-OH is 1. The van der Waals surface area contributed by atoms with Crippen molar-refractivity contribution >= 4 is 27.3 Å². The molecule has 1 aromatic heterocycles. The molecule has 1 N–H and O–H groups in total. The quantitative estimate of drug-likeness (QED) is 0.677. The van der Waals surface area contributed by atoms with Crippen molar-refractivity contribution in [2.45, 2.75) is 5.01 Å². The number of hydrogen-bond acceptors (Lipinski definition) is 2. The number of alkyl halides is 1. The lowest BCUT2D eigenvalue weighted by Crippen LogP contribution is -1.79. The minimum absolute atomic E-state index is 0.492. The predicted molar refractivity (Wildman–Crippen MR) is 38.2 cm³/mol. The van der Waals surface area contributed by atoms with Crippen LogP contribution in [0.3, 0.4) is 0 Å². The lowest BCUT2D eigenvalue weighted by molar-refractivity contribution is 0.277. The van der Waals surface area contributed by atoms with E-state index in [-0.39, 0.29) is 0 Å². The van der Waals surface area contributed by atoms with Gasteiger partial charge in [-0.15, -0.1) is 0 Å². The number of hydrogen-bond donors (Lipinski definition) is 1. The van der Waals surface area contributed by atoms with Gasteiger partial charge in [0.25, 0.3) is 0 Å². The van der Waals surface area contributed by atoms with Gasteiger partial charge in [0.1, 0.15) is 5.01 Å². The number of thiophene rings is 1. The molecule has 0 radical (unpaired) electrons. The molecule has 1 atom stereocenters. The molecule has 44 valence electrons. The average Bonchev–Trinajstić information content (AvgIpc) is 2.12.